The molecule has 0 radical (unpaired) electrons. The molecular formula is C14H12N8O2S2. The van der Waals surface area contributed by atoms with Crippen LogP contribution >= 0.6 is 11.3 Å². The van der Waals surface area contributed by atoms with E-state index in [1.807, 2.05) is 19.3 Å². The van der Waals surface area contributed by atoms with E-state index in [4.69, 9.17) is 5.14 Å². The fourth-order valence-electron chi connectivity index (χ4n) is 2.29. The molecule has 0 aliphatic heterocycles. The Bertz CT molecular complexity index is 1210. The number of pyridine rings is 2. The first kappa shape index (κ1) is 16.5. The maximum absolute atomic E-state index is 11.3. The predicted molar refractivity (Wildman–Crippen MR) is 96.3 cm³/mol. The van der Waals surface area contributed by atoms with Crippen LogP contribution < -0.4 is 10.5 Å². The van der Waals surface area contributed by atoms with Gasteiger partial charge in [-0.2, -0.15) is 5.10 Å². The molecule has 4 rings (SSSR count). The van der Waals surface area contributed by atoms with Gasteiger partial charge in [0.15, 0.2) is 0 Å². The van der Waals surface area contributed by atoms with Gasteiger partial charge in [-0.1, -0.05) is 11.3 Å². The van der Waals surface area contributed by atoms with Crippen molar-refractivity contribution >= 4 is 43.3 Å². The third-order valence-electron chi connectivity index (χ3n) is 3.46. The van der Waals surface area contributed by atoms with Crippen molar-refractivity contribution in [2.45, 2.75) is 4.34 Å². The van der Waals surface area contributed by atoms with Crippen molar-refractivity contribution in [3.05, 3.63) is 36.8 Å². The zero-order valence-corrected chi connectivity index (χ0v) is 15.0. The number of hydrogen-bond acceptors (Lipinski definition) is 9. The minimum Gasteiger partial charge on any atom is -0.315 e. The van der Waals surface area contributed by atoms with Crippen LogP contribution in [0.3, 0.4) is 0 Å². The van der Waals surface area contributed by atoms with Crippen LogP contribution in [0.1, 0.15) is 0 Å². The van der Waals surface area contributed by atoms with Crippen molar-refractivity contribution in [2.24, 2.45) is 12.2 Å². The van der Waals surface area contributed by atoms with E-state index in [1.165, 1.54) is 0 Å². The van der Waals surface area contributed by atoms with E-state index < -0.39 is 10.0 Å². The highest BCUT2D eigenvalue weighted by Gasteiger charge is 2.15. The van der Waals surface area contributed by atoms with E-state index in [0.717, 1.165) is 28.0 Å². The molecule has 0 atom stereocenters. The number of nitrogens with two attached hydrogens (primary N) is 1. The quantitative estimate of drug-likeness (QED) is 0.532. The number of fused-ring (bicyclic) bond motifs is 1. The molecule has 0 spiro atoms. The molecule has 0 amide bonds. The van der Waals surface area contributed by atoms with Crippen LogP contribution in [0.25, 0.3) is 22.2 Å². The summed E-state index contributed by atoms with van der Waals surface area (Å²) in [6.07, 6.45) is 5.40. The molecular weight excluding hydrogens is 376 g/mol. The van der Waals surface area contributed by atoms with Crippen molar-refractivity contribution in [1.29, 1.82) is 0 Å². The molecule has 0 bridgehead atoms. The number of sulfonamides is 1. The van der Waals surface area contributed by atoms with Crippen molar-refractivity contribution in [2.75, 3.05) is 5.32 Å². The van der Waals surface area contributed by atoms with Crippen molar-refractivity contribution < 1.29 is 8.42 Å². The summed E-state index contributed by atoms with van der Waals surface area (Å²) >= 11 is 0.830. The normalized spacial score (nSPS) is 11.8. The lowest BCUT2D eigenvalue weighted by Gasteiger charge is -2.04. The van der Waals surface area contributed by atoms with Gasteiger partial charge in [-0.05, 0) is 18.2 Å². The largest absolute Gasteiger partial charge is 0.315 e. The first-order valence-corrected chi connectivity index (χ1v) is 9.64. The van der Waals surface area contributed by atoms with Crippen LogP contribution in [-0.2, 0) is 17.1 Å². The molecule has 132 valence electrons. The van der Waals surface area contributed by atoms with Gasteiger partial charge in [-0.15, -0.1) is 10.2 Å². The van der Waals surface area contributed by atoms with E-state index >= 15 is 0 Å². The maximum atomic E-state index is 11.3. The molecule has 0 unspecified atom stereocenters. The second kappa shape index (κ2) is 6.09. The Morgan fingerprint density at radius 2 is 2.00 bits per heavy atom. The molecule has 0 aliphatic rings. The van der Waals surface area contributed by atoms with Crippen molar-refractivity contribution in [1.82, 2.24) is 29.9 Å². The average molecular weight is 388 g/mol. The summed E-state index contributed by atoms with van der Waals surface area (Å²) in [7, 11) is -2.03. The summed E-state index contributed by atoms with van der Waals surface area (Å²) in [5.41, 5.74) is 3.23. The third kappa shape index (κ3) is 3.24. The summed E-state index contributed by atoms with van der Waals surface area (Å²) in [6, 6.07) is 5.43. The van der Waals surface area contributed by atoms with E-state index in [1.54, 1.807) is 29.2 Å². The molecule has 4 aromatic heterocycles. The summed E-state index contributed by atoms with van der Waals surface area (Å²) in [5, 5.41) is 19.7. The Labute approximate surface area is 151 Å². The molecule has 0 aromatic carbocycles. The SMILES string of the molecule is Cn1cc(-c2cnc3ccc(Nc4nnc(S(N)(=O)=O)s4)nc3c2)cn1. The molecule has 4 aromatic rings. The van der Waals surface area contributed by atoms with Gasteiger partial charge in [0, 0.05) is 30.6 Å². The Hall–Kier alpha value is -2.96. The van der Waals surface area contributed by atoms with Crippen LogP contribution in [-0.4, -0.2) is 38.4 Å². The molecule has 0 saturated carbocycles. The number of nitrogens with one attached hydrogen (secondary N) is 1. The highest BCUT2D eigenvalue weighted by Crippen LogP contribution is 2.25. The van der Waals surface area contributed by atoms with Gasteiger partial charge in [0.2, 0.25) is 9.47 Å². The van der Waals surface area contributed by atoms with E-state index in [9.17, 15) is 8.42 Å². The summed E-state index contributed by atoms with van der Waals surface area (Å²) < 4.78 is 24.0. The van der Waals surface area contributed by atoms with Crippen LogP contribution in [0.15, 0.2) is 41.1 Å². The number of rotatable bonds is 4. The predicted octanol–water partition coefficient (Wildman–Crippen LogP) is 1.27. The second-order valence-corrected chi connectivity index (χ2v) is 8.12. The van der Waals surface area contributed by atoms with Gasteiger partial charge in [0.25, 0.3) is 10.0 Å². The fraction of sp³-hybridized carbons (Fsp3) is 0.0714. The van der Waals surface area contributed by atoms with Gasteiger partial charge in [-0.25, -0.2) is 18.5 Å². The lowest BCUT2D eigenvalue weighted by atomic mass is 10.1. The fourth-order valence-corrected chi connectivity index (χ4v) is 3.63. The maximum Gasteiger partial charge on any atom is 0.267 e. The highest BCUT2D eigenvalue weighted by molar-refractivity contribution is 7.91. The Morgan fingerprint density at radius 3 is 2.69 bits per heavy atom. The molecule has 0 aliphatic carbocycles. The van der Waals surface area contributed by atoms with Gasteiger partial charge < -0.3 is 5.32 Å². The number of hydrogen-bond donors (Lipinski definition) is 2. The molecule has 0 saturated heterocycles. The number of aromatic nitrogens is 6. The number of aryl methyl sites for hydroxylation is 1. The topological polar surface area (TPSA) is 142 Å². The van der Waals surface area contributed by atoms with Gasteiger partial charge in [0.05, 0.1) is 17.2 Å². The zero-order chi connectivity index (χ0) is 18.3. The smallest absolute Gasteiger partial charge is 0.267 e. The minimum absolute atomic E-state index is 0.263. The second-order valence-electron chi connectivity index (χ2n) is 5.40. The summed E-state index contributed by atoms with van der Waals surface area (Å²) in [6.45, 7) is 0. The summed E-state index contributed by atoms with van der Waals surface area (Å²) in [5.74, 6) is 0.486. The molecule has 4 heterocycles. The van der Waals surface area contributed by atoms with E-state index in [2.05, 4.69) is 30.6 Å². The van der Waals surface area contributed by atoms with E-state index in [-0.39, 0.29) is 9.47 Å². The first-order valence-electron chi connectivity index (χ1n) is 7.28. The monoisotopic (exact) mass is 388 g/mol. The van der Waals surface area contributed by atoms with Crippen LogP contribution in [0, 0.1) is 0 Å². The number of primary sulfonamides is 1. The lowest BCUT2D eigenvalue weighted by Crippen LogP contribution is -2.11. The Kier molecular flexibility index (Phi) is 3.86. The van der Waals surface area contributed by atoms with Crippen LogP contribution in [0.2, 0.25) is 0 Å². The van der Waals surface area contributed by atoms with Crippen LogP contribution in [0.4, 0.5) is 10.9 Å². The first-order chi connectivity index (χ1) is 12.4. The molecule has 10 nitrogen and oxygen atoms in total. The minimum atomic E-state index is -3.88. The zero-order valence-electron chi connectivity index (χ0n) is 13.4. The Morgan fingerprint density at radius 1 is 1.15 bits per heavy atom. The number of anilines is 2. The van der Waals surface area contributed by atoms with Gasteiger partial charge >= 0.3 is 0 Å². The van der Waals surface area contributed by atoms with E-state index in [0.29, 0.717) is 11.3 Å². The van der Waals surface area contributed by atoms with Crippen molar-refractivity contribution in [3.63, 3.8) is 0 Å². The van der Waals surface area contributed by atoms with Gasteiger partial charge in [-0.3, -0.25) is 9.67 Å². The highest BCUT2D eigenvalue weighted by atomic mass is 32.2. The summed E-state index contributed by atoms with van der Waals surface area (Å²) in [4.78, 5) is 8.90. The molecule has 26 heavy (non-hydrogen) atoms. The average Bonchev–Trinajstić information content (AvgIpc) is 3.23. The molecule has 12 heteroatoms. The van der Waals surface area contributed by atoms with Gasteiger partial charge in [0.1, 0.15) is 5.82 Å². The Balaban J connectivity index is 1.67. The lowest BCUT2D eigenvalue weighted by molar-refractivity contribution is 0.596. The molecule has 3 N–H and O–H groups in total. The molecule has 0 fully saturated rings. The third-order valence-corrected chi connectivity index (χ3v) is 5.61. The van der Waals surface area contributed by atoms with Crippen LogP contribution in [0.5, 0.6) is 0 Å². The standard InChI is InChI=1S/C14H12N8O2S2/c1-22-7-9(6-17-22)8-4-11-10(16-5-8)2-3-12(18-11)19-13-20-21-14(25-13)26(15,23)24/h2-7H,1H3,(H2,15,23,24)(H,18,19,20). The van der Waals surface area contributed by atoms with Crippen molar-refractivity contribution in [3.8, 4) is 11.1 Å². The number of nitrogens with zero attached hydrogens (tertiary/aromatic N) is 6.